The summed E-state index contributed by atoms with van der Waals surface area (Å²) in [7, 11) is 1.37. The molecule has 2 nitrogen and oxygen atoms in total. The molecule has 0 bridgehead atoms. The fraction of sp³-hybridized carbons (Fsp3) is 0.133. The molecule has 0 aliphatic carbocycles. The van der Waals surface area contributed by atoms with Crippen LogP contribution < -0.4 is 4.74 Å². The van der Waals surface area contributed by atoms with Gasteiger partial charge < -0.3 is 4.74 Å². The predicted molar refractivity (Wildman–Crippen MR) is 75.3 cm³/mol. The third-order valence-corrected chi connectivity index (χ3v) is 3.37. The number of aryl methyl sites for hydroxylation is 1. The van der Waals surface area contributed by atoms with Crippen molar-refractivity contribution in [1.82, 2.24) is 0 Å². The third kappa shape index (κ3) is 2.68. The highest BCUT2D eigenvalue weighted by molar-refractivity contribution is 9.10. The number of carbonyl (C=O) groups is 1. The Labute approximate surface area is 119 Å². The van der Waals surface area contributed by atoms with E-state index >= 15 is 0 Å². The van der Waals surface area contributed by atoms with E-state index < -0.39 is 5.82 Å². The van der Waals surface area contributed by atoms with Crippen LogP contribution in [-0.2, 0) is 0 Å². The maximum absolute atomic E-state index is 14.1. The van der Waals surface area contributed by atoms with E-state index in [0.29, 0.717) is 5.56 Å². The van der Waals surface area contributed by atoms with Crippen LogP contribution in [0.5, 0.6) is 5.75 Å². The Morgan fingerprint density at radius 2 is 1.95 bits per heavy atom. The second-order valence-corrected chi connectivity index (χ2v) is 5.03. The van der Waals surface area contributed by atoms with Crippen LogP contribution in [0.15, 0.2) is 40.9 Å². The molecule has 0 aromatic heterocycles. The Bertz CT molecular complexity index is 638. The maximum atomic E-state index is 14.1. The summed E-state index contributed by atoms with van der Waals surface area (Å²) in [5.41, 5.74) is 1.29. The van der Waals surface area contributed by atoms with Gasteiger partial charge in [-0.3, -0.25) is 4.79 Å². The standard InChI is InChI=1S/C15H12BrFO2/c1-9-6-7-10(16)8-12(9)15(18)11-4-3-5-13(19-2)14(11)17/h3-8H,1-2H3. The second-order valence-electron chi connectivity index (χ2n) is 4.11. The van der Waals surface area contributed by atoms with E-state index in [1.165, 1.54) is 19.2 Å². The SMILES string of the molecule is COc1cccc(C(=O)c2cc(Br)ccc2C)c1F. The predicted octanol–water partition coefficient (Wildman–Crippen LogP) is 4.14. The summed E-state index contributed by atoms with van der Waals surface area (Å²) in [6.07, 6.45) is 0. The van der Waals surface area contributed by atoms with Crippen LogP contribution in [0.3, 0.4) is 0 Å². The van der Waals surface area contributed by atoms with Gasteiger partial charge in [0.15, 0.2) is 17.3 Å². The first-order valence-electron chi connectivity index (χ1n) is 5.68. The molecule has 0 atom stereocenters. The molecular weight excluding hydrogens is 311 g/mol. The minimum Gasteiger partial charge on any atom is -0.494 e. The van der Waals surface area contributed by atoms with E-state index in [1.807, 2.05) is 19.1 Å². The summed E-state index contributed by atoms with van der Waals surface area (Å²) in [5, 5.41) is 0. The highest BCUT2D eigenvalue weighted by Crippen LogP contribution is 2.25. The first-order valence-corrected chi connectivity index (χ1v) is 6.47. The number of halogens is 2. The van der Waals surface area contributed by atoms with Crippen LogP contribution in [0.25, 0.3) is 0 Å². The average Bonchev–Trinajstić information content (AvgIpc) is 2.41. The quantitative estimate of drug-likeness (QED) is 0.794. The van der Waals surface area contributed by atoms with Crippen LogP contribution >= 0.6 is 15.9 Å². The van der Waals surface area contributed by atoms with Gasteiger partial charge in [0, 0.05) is 10.0 Å². The molecule has 0 spiro atoms. The molecule has 19 heavy (non-hydrogen) atoms. The number of ketones is 1. The van der Waals surface area contributed by atoms with E-state index in [2.05, 4.69) is 15.9 Å². The summed E-state index contributed by atoms with van der Waals surface area (Å²) >= 11 is 3.31. The van der Waals surface area contributed by atoms with Crippen molar-refractivity contribution in [3.8, 4) is 5.75 Å². The molecule has 0 unspecified atom stereocenters. The van der Waals surface area contributed by atoms with Crippen molar-refractivity contribution < 1.29 is 13.9 Å². The lowest BCUT2D eigenvalue weighted by Crippen LogP contribution is -2.07. The molecule has 0 heterocycles. The van der Waals surface area contributed by atoms with Crippen LogP contribution in [0.2, 0.25) is 0 Å². The molecule has 98 valence electrons. The zero-order chi connectivity index (χ0) is 14.0. The Kier molecular flexibility index (Phi) is 4.00. The van der Waals surface area contributed by atoms with Crippen molar-refractivity contribution in [3.63, 3.8) is 0 Å². The summed E-state index contributed by atoms with van der Waals surface area (Å²) in [6.45, 7) is 1.82. The molecule has 4 heteroatoms. The maximum Gasteiger partial charge on any atom is 0.196 e. The summed E-state index contributed by atoms with van der Waals surface area (Å²) < 4.78 is 19.8. The van der Waals surface area contributed by atoms with E-state index in [-0.39, 0.29) is 17.1 Å². The van der Waals surface area contributed by atoms with Crippen LogP contribution in [0.1, 0.15) is 21.5 Å². The van der Waals surface area contributed by atoms with Gasteiger partial charge >= 0.3 is 0 Å². The number of hydrogen-bond donors (Lipinski definition) is 0. The summed E-state index contributed by atoms with van der Waals surface area (Å²) in [5.74, 6) is -0.914. The molecule has 0 saturated carbocycles. The van der Waals surface area contributed by atoms with Gasteiger partial charge in [-0.15, -0.1) is 0 Å². The molecule has 0 N–H and O–H groups in total. The van der Waals surface area contributed by atoms with E-state index in [1.54, 1.807) is 12.1 Å². The number of methoxy groups -OCH3 is 1. The van der Waals surface area contributed by atoms with Gasteiger partial charge in [-0.05, 0) is 36.8 Å². The Balaban J connectivity index is 2.53. The molecule has 0 aliphatic heterocycles. The van der Waals surface area contributed by atoms with Crippen molar-refractivity contribution >= 4 is 21.7 Å². The number of hydrogen-bond acceptors (Lipinski definition) is 2. The van der Waals surface area contributed by atoms with E-state index in [9.17, 15) is 9.18 Å². The van der Waals surface area contributed by atoms with Gasteiger partial charge in [0.2, 0.25) is 0 Å². The molecule has 0 aliphatic rings. The summed E-state index contributed by atoms with van der Waals surface area (Å²) in [6, 6.07) is 9.89. The number of benzene rings is 2. The van der Waals surface area contributed by atoms with Gasteiger partial charge in [0.25, 0.3) is 0 Å². The van der Waals surface area contributed by atoms with Crippen molar-refractivity contribution in [1.29, 1.82) is 0 Å². The molecule has 0 fully saturated rings. The molecule has 0 radical (unpaired) electrons. The van der Waals surface area contributed by atoms with Crippen molar-refractivity contribution in [2.75, 3.05) is 7.11 Å². The van der Waals surface area contributed by atoms with Gasteiger partial charge in [0.1, 0.15) is 0 Å². The highest BCUT2D eigenvalue weighted by atomic mass is 79.9. The number of carbonyl (C=O) groups excluding carboxylic acids is 1. The molecule has 2 aromatic carbocycles. The first kappa shape index (κ1) is 13.7. The average molecular weight is 323 g/mol. The smallest absolute Gasteiger partial charge is 0.196 e. The molecule has 0 amide bonds. The van der Waals surface area contributed by atoms with Crippen LogP contribution in [0, 0.1) is 12.7 Å². The Morgan fingerprint density at radius 3 is 2.63 bits per heavy atom. The first-order chi connectivity index (χ1) is 9.04. The Morgan fingerprint density at radius 1 is 1.21 bits per heavy atom. The van der Waals surface area contributed by atoms with Crippen molar-refractivity contribution in [3.05, 3.63) is 63.4 Å². The largest absolute Gasteiger partial charge is 0.494 e. The molecular formula is C15H12BrFO2. The minimum absolute atomic E-state index is 0.0144. The van der Waals surface area contributed by atoms with Crippen LogP contribution in [-0.4, -0.2) is 12.9 Å². The third-order valence-electron chi connectivity index (χ3n) is 2.87. The topological polar surface area (TPSA) is 26.3 Å². The molecule has 2 aromatic rings. The lowest BCUT2D eigenvalue weighted by molar-refractivity contribution is 0.103. The second kappa shape index (κ2) is 5.53. The summed E-state index contributed by atoms with van der Waals surface area (Å²) in [4.78, 5) is 12.4. The van der Waals surface area contributed by atoms with Gasteiger partial charge in [0.05, 0.1) is 12.7 Å². The van der Waals surface area contributed by atoms with Crippen molar-refractivity contribution in [2.45, 2.75) is 6.92 Å². The number of ether oxygens (including phenoxy) is 1. The number of rotatable bonds is 3. The highest BCUT2D eigenvalue weighted by Gasteiger charge is 2.18. The normalized spacial score (nSPS) is 10.3. The zero-order valence-electron chi connectivity index (χ0n) is 10.5. The lowest BCUT2D eigenvalue weighted by Gasteiger charge is -2.09. The van der Waals surface area contributed by atoms with Gasteiger partial charge in [-0.1, -0.05) is 28.1 Å². The molecule has 0 saturated heterocycles. The van der Waals surface area contributed by atoms with E-state index in [0.717, 1.165) is 10.0 Å². The fourth-order valence-electron chi connectivity index (χ4n) is 1.83. The monoisotopic (exact) mass is 322 g/mol. The van der Waals surface area contributed by atoms with Crippen LogP contribution in [0.4, 0.5) is 4.39 Å². The van der Waals surface area contributed by atoms with Gasteiger partial charge in [-0.25, -0.2) is 4.39 Å². The lowest BCUT2D eigenvalue weighted by atomic mass is 9.98. The molecule has 2 rings (SSSR count). The Hall–Kier alpha value is -1.68. The van der Waals surface area contributed by atoms with Gasteiger partial charge in [-0.2, -0.15) is 0 Å². The van der Waals surface area contributed by atoms with E-state index in [4.69, 9.17) is 4.74 Å². The zero-order valence-corrected chi connectivity index (χ0v) is 12.1. The van der Waals surface area contributed by atoms with Crippen molar-refractivity contribution in [2.24, 2.45) is 0 Å². The minimum atomic E-state index is -0.630. The fourth-order valence-corrected chi connectivity index (χ4v) is 2.19.